The number of ether oxygens (including phenoxy) is 1. The monoisotopic (exact) mass is 612 g/mol. The molecule has 0 radical (unpaired) electrons. The number of alkyl halides is 4. The van der Waals surface area contributed by atoms with Gasteiger partial charge in [-0.05, 0) is 69.1 Å². The van der Waals surface area contributed by atoms with Crippen LogP contribution in [0.25, 0.3) is 10.9 Å². The molecule has 0 amide bonds. The molecule has 228 valence electrons. The fourth-order valence-electron chi connectivity index (χ4n) is 4.78. The maximum Gasteiger partial charge on any atom is 0.453 e. The number of fused-ring (bicyclic) bond motifs is 1. The molecular weight excluding hydrogens is 579 g/mol. The van der Waals surface area contributed by atoms with E-state index >= 15 is 0 Å². The number of rotatable bonds is 8. The number of halogens is 4. The van der Waals surface area contributed by atoms with Crippen LogP contribution in [0.15, 0.2) is 42.5 Å². The molecule has 2 aromatic carbocycles. The maximum absolute atomic E-state index is 14.7. The molecule has 4 rings (SSSR count). The number of nitrogens with one attached hydrogen (secondary N) is 2. The Labute approximate surface area is 240 Å². The summed E-state index contributed by atoms with van der Waals surface area (Å²) < 4.78 is 73.6. The molecule has 0 saturated carbocycles. The zero-order valence-corrected chi connectivity index (χ0v) is 24.1. The van der Waals surface area contributed by atoms with Gasteiger partial charge in [-0.25, -0.2) is 4.39 Å². The summed E-state index contributed by atoms with van der Waals surface area (Å²) in [6, 6.07) is 10.1. The first kappa shape index (κ1) is 31.7. The van der Waals surface area contributed by atoms with Crippen molar-refractivity contribution in [1.82, 2.24) is 9.47 Å². The minimum absolute atomic E-state index is 0.0865. The van der Waals surface area contributed by atoms with Crippen LogP contribution in [0.4, 0.5) is 28.9 Å². The summed E-state index contributed by atoms with van der Waals surface area (Å²) in [5.74, 6) is 5.28. The Kier molecular flexibility index (Phi) is 9.16. The number of hydrogen-bond donors (Lipinski definition) is 5. The van der Waals surface area contributed by atoms with E-state index in [9.17, 15) is 37.4 Å². The molecule has 3 aromatic rings. The fourth-order valence-corrected chi connectivity index (χ4v) is 5.64. The van der Waals surface area contributed by atoms with Crippen molar-refractivity contribution in [2.45, 2.75) is 37.5 Å². The summed E-state index contributed by atoms with van der Waals surface area (Å²) >= 11 is 0. The van der Waals surface area contributed by atoms with Gasteiger partial charge in [0.1, 0.15) is 19.9 Å². The summed E-state index contributed by atoms with van der Waals surface area (Å²) in [6.07, 6.45) is -8.63. The Bertz CT molecular complexity index is 1540. The van der Waals surface area contributed by atoms with Crippen molar-refractivity contribution in [3.63, 3.8) is 0 Å². The minimum Gasteiger partial charge on any atom is -0.415 e. The molecule has 0 spiro atoms. The molecule has 14 heteroatoms. The SMILES string of the molecule is CN1CCC(Nc2cccc3c2cc(C#CCNc2ccc(P(C)(C)=O)cc2OC(O)(O)O)n3CC(F)(F)F)C(F)C1. The van der Waals surface area contributed by atoms with E-state index in [-0.39, 0.29) is 35.7 Å². The van der Waals surface area contributed by atoms with Crippen LogP contribution in [0.1, 0.15) is 12.1 Å². The molecule has 1 aliphatic rings. The predicted molar refractivity (Wildman–Crippen MR) is 153 cm³/mol. The van der Waals surface area contributed by atoms with Crippen molar-refractivity contribution < 1.29 is 42.2 Å². The summed E-state index contributed by atoms with van der Waals surface area (Å²) in [5, 5.41) is 34.7. The molecule has 2 heterocycles. The second-order valence-corrected chi connectivity index (χ2v) is 13.9. The summed E-state index contributed by atoms with van der Waals surface area (Å²) in [5.41, 5.74) is 1.05. The van der Waals surface area contributed by atoms with Gasteiger partial charge in [0, 0.05) is 29.5 Å². The normalized spacial score (nSPS) is 18.4. The van der Waals surface area contributed by atoms with Crippen molar-refractivity contribution in [1.29, 1.82) is 0 Å². The van der Waals surface area contributed by atoms with Gasteiger partial charge in [-0.1, -0.05) is 12.0 Å². The van der Waals surface area contributed by atoms with Crippen LogP contribution in [0.2, 0.25) is 0 Å². The molecule has 2 atom stereocenters. The zero-order chi connectivity index (χ0) is 30.9. The molecule has 1 saturated heterocycles. The quantitative estimate of drug-likeness (QED) is 0.114. The van der Waals surface area contributed by atoms with Gasteiger partial charge in [0.2, 0.25) is 0 Å². The lowest BCUT2D eigenvalue weighted by molar-refractivity contribution is -0.419. The first-order valence-corrected chi connectivity index (χ1v) is 15.7. The molecule has 42 heavy (non-hydrogen) atoms. The molecule has 2 unspecified atom stereocenters. The number of aliphatic hydroxyl groups is 3. The van der Waals surface area contributed by atoms with E-state index in [1.54, 1.807) is 18.2 Å². The van der Waals surface area contributed by atoms with Crippen LogP contribution in [0.3, 0.4) is 0 Å². The number of piperidine rings is 1. The Morgan fingerprint density at radius 1 is 1.12 bits per heavy atom. The first-order chi connectivity index (χ1) is 19.5. The van der Waals surface area contributed by atoms with Crippen molar-refractivity contribution in [3.05, 3.63) is 48.2 Å². The Morgan fingerprint density at radius 3 is 2.50 bits per heavy atom. The van der Waals surface area contributed by atoms with E-state index in [2.05, 4.69) is 22.5 Å². The van der Waals surface area contributed by atoms with Gasteiger partial charge in [0.25, 0.3) is 0 Å². The third kappa shape index (κ3) is 8.18. The van der Waals surface area contributed by atoms with Crippen molar-refractivity contribution in [2.75, 3.05) is 50.6 Å². The smallest absolute Gasteiger partial charge is 0.415 e. The molecule has 1 aromatic heterocycles. The topological polar surface area (TPSA) is 119 Å². The zero-order valence-electron chi connectivity index (χ0n) is 23.2. The first-order valence-electron chi connectivity index (χ1n) is 13.1. The van der Waals surface area contributed by atoms with Gasteiger partial charge in [-0.2, -0.15) is 13.2 Å². The summed E-state index contributed by atoms with van der Waals surface area (Å²) in [6.45, 7) is 2.55. The second-order valence-electron chi connectivity index (χ2n) is 10.6. The molecular formula is C28H33F4N4O5P. The number of anilines is 2. The Morgan fingerprint density at radius 2 is 1.86 bits per heavy atom. The Balaban J connectivity index is 1.62. The Hall–Kier alpha value is -3.27. The average Bonchev–Trinajstić information content (AvgIpc) is 3.19. The van der Waals surface area contributed by atoms with Crippen LogP contribution in [0.5, 0.6) is 5.75 Å². The van der Waals surface area contributed by atoms with E-state index in [0.717, 1.165) is 4.57 Å². The van der Waals surface area contributed by atoms with Crippen LogP contribution in [-0.4, -0.2) is 89.3 Å². The van der Waals surface area contributed by atoms with Crippen molar-refractivity contribution in [3.8, 4) is 17.6 Å². The second kappa shape index (κ2) is 12.1. The lowest BCUT2D eigenvalue weighted by Crippen LogP contribution is -2.46. The molecule has 9 nitrogen and oxygen atoms in total. The number of nitrogens with zero attached hydrogens (tertiary/aromatic N) is 2. The van der Waals surface area contributed by atoms with Crippen molar-refractivity contribution >= 4 is 34.7 Å². The maximum atomic E-state index is 14.7. The van der Waals surface area contributed by atoms with E-state index in [4.69, 9.17) is 4.74 Å². The van der Waals surface area contributed by atoms with Crippen LogP contribution >= 0.6 is 7.14 Å². The van der Waals surface area contributed by atoms with E-state index < -0.39 is 38.2 Å². The highest BCUT2D eigenvalue weighted by molar-refractivity contribution is 7.70. The van der Waals surface area contributed by atoms with Gasteiger partial charge in [-0.15, -0.1) is 0 Å². The van der Waals surface area contributed by atoms with E-state index in [0.29, 0.717) is 29.3 Å². The van der Waals surface area contributed by atoms with Crippen LogP contribution in [0, 0.1) is 11.8 Å². The van der Waals surface area contributed by atoms with Gasteiger partial charge in [-0.3, -0.25) is 0 Å². The van der Waals surface area contributed by atoms with Crippen LogP contribution in [-0.2, 0) is 11.1 Å². The molecule has 1 fully saturated rings. The molecule has 0 aliphatic carbocycles. The van der Waals surface area contributed by atoms with E-state index in [1.807, 2.05) is 11.9 Å². The molecule has 1 aliphatic heterocycles. The van der Waals surface area contributed by atoms with Crippen LogP contribution < -0.4 is 20.7 Å². The van der Waals surface area contributed by atoms with E-state index in [1.165, 1.54) is 37.6 Å². The van der Waals surface area contributed by atoms with Gasteiger partial charge >= 0.3 is 12.3 Å². The number of hydrogen-bond acceptors (Lipinski definition) is 8. The van der Waals surface area contributed by atoms with Gasteiger partial charge in [0.05, 0.1) is 29.5 Å². The lowest BCUT2D eigenvalue weighted by Gasteiger charge is -2.33. The van der Waals surface area contributed by atoms with Gasteiger partial charge < -0.3 is 44.7 Å². The van der Waals surface area contributed by atoms with Gasteiger partial charge in [0.15, 0.2) is 5.75 Å². The number of likely N-dealkylation sites (tertiary alicyclic amines) is 1. The molecule has 5 N–H and O–H groups in total. The predicted octanol–water partition coefficient (Wildman–Crippen LogP) is 3.34. The largest absolute Gasteiger partial charge is 0.453 e. The summed E-state index contributed by atoms with van der Waals surface area (Å²) in [7, 11) is -0.935. The number of benzene rings is 2. The third-order valence-corrected chi connectivity index (χ3v) is 8.31. The lowest BCUT2D eigenvalue weighted by atomic mass is 10.0. The fraction of sp³-hybridized carbons (Fsp3) is 0.429. The average molecular weight is 613 g/mol. The van der Waals surface area contributed by atoms with Crippen molar-refractivity contribution in [2.24, 2.45) is 0 Å². The third-order valence-electron chi connectivity index (χ3n) is 6.79. The number of aromatic nitrogens is 1. The standard InChI is InChI=1S/C28H33F4N4O5P/c1-35-13-11-23(21(29)16-35)34-22-7-4-8-25-20(22)14-18(36(25)17-27(30,31)32)6-5-12-33-24-10-9-19(42(2,3)40)15-26(24)41-28(37,38)39/h4,7-10,14-15,21,23,33-34,37-39H,11-13,16-17H2,1-3H3. The summed E-state index contributed by atoms with van der Waals surface area (Å²) in [4.78, 5) is 1.88. The molecule has 0 bridgehead atoms. The highest BCUT2D eigenvalue weighted by atomic mass is 31.2. The highest BCUT2D eigenvalue weighted by Crippen LogP contribution is 2.38. The minimum atomic E-state index is -4.53. The highest BCUT2D eigenvalue weighted by Gasteiger charge is 2.31.